The number of fused-ring (bicyclic) bond motifs is 1. The van der Waals surface area contributed by atoms with Crippen molar-refractivity contribution in [1.29, 1.82) is 0 Å². The highest BCUT2D eigenvalue weighted by Gasteiger charge is 2.59. The number of amides is 1. The number of ether oxygens (including phenoxy) is 1. The lowest BCUT2D eigenvalue weighted by Crippen LogP contribution is -2.37. The zero-order chi connectivity index (χ0) is 19.0. The third kappa shape index (κ3) is 3.93. The summed E-state index contributed by atoms with van der Waals surface area (Å²) in [5, 5.41) is 3.80. The summed E-state index contributed by atoms with van der Waals surface area (Å²) < 4.78 is 19.1. The first-order chi connectivity index (χ1) is 13.0. The minimum absolute atomic E-state index is 0.0536. The fourth-order valence-electron chi connectivity index (χ4n) is 4.51. The molecule has 2 saturated carbocycles. The summed E-state index contributed by atoms with van der Waals surface area (Å²) in [6, 6.07) is 8.48. The normalized spacial score (nSPS) is 26.9. The zero-order valence-corrected chi connectivity index (χ0v) is 15.8. The summed E-state index contributed by atoms with van der Waals surface area (Å²) in [5.74, 6) is 1.67. The van der Waals surface area contributed by atoms with E-state index >= 15 is 0 Å². The van der Waals surface area contributed by atoms with Crippen LogP contribution in [0.4, 0.5) is 4.39 Å². The van der Waals surface area contributed by atoms with Gasteiger partial charge in [-0.3, -0.25) is 9.78 Å². The fourth-order valence-corrected chi connectivity index (χ4v) is 4.63. The van der Waals surface area contributed by atoms with Crippen molar-refractivity contribution >= 4 is 17.5 Å². The Balaban J connectivity index is 1.31. The molecule has 1 heterocycles. The molecule has 1 amide bonds. The number of nitrogens with one attached hydrogen (secondary N) is 1. The predicted octanol–water partition coefficient (Wildman–Crippen LogP) is 4.49. The van der Waals surface area contributed by atoms with E-state index in [1.54, 1.807) is 30.5 Å². The number of benzene rings is 1. The van der Waals surface area contributed by atoms with Gasteiger partial charge in [0, 0.05) is 22.7 Å². The number of hydrogen-bond acceptors (Lipinski definition) is 3. The van der Waals surface area contributed by atoms with E-state index in [9.17, 15) is 9.18 Å². The van der Waals surface area contributed by atoms with Gasteiger partial charge in [0.15, 0.2) is 0 Å². The van der Waals surface area contributed by atoms with Crippen LogP contribution in [0.5, 0.6) is 5.75 Å². The number of pyridine rings is 1. The van der Waals surface area contributed by atoms with Crippen molar-refractivity contribution in [2.45, 2.75) is 38.3 Å². The Morgan fingerprint density at radius 1 is 1.30 bits per heavy atom. The van der Waals surface area contributed by atoms with Gasteiger partial charge in [-0.2, -0.15) is 0 Å². The highest BCUT2D eigenvalue weighted by atomic mass is 35.5. The number of nitrogens with zero attached hydrogens (tertiary/aromatic N) is 1. The van der Waals surface area contributed by atoms with E-state index in [0.29, 0.717) is 34.1 Å². The van der Waals surface area contributed by atoms with Crippen LogP contribution in [0, 0.1) is 23.6 Å². The van der Waals surface area contributed by atoms with Gasteiger partial charge in [0.25, 0.3) is 5.91 Å². The van der Waals surface area contributed by atoms with E-state index < -0.39 is 0 Å². The molecule has 0 aliphatic heterocycles. The predicted molar refractivity (Wildman–Crippen MR) is 101 cm³/mol. The molecule has 0 radical (unpaired) electrons. The van der Waals surface area contributed by atoms with Crippen LogP contribution < -0.4 is 10.1 Å². The Morgan fingerprint density at radius 2 is 2.00 bits per heavy atom. The maximum absolute atomic E-state index is 13.2. The van der Waals surface area contributed by atoms with E-state index in [1.165, 1.54) is 12.3 Å². The second-order valence-corrected chi connectivity index (χ2v) is 7.89. The highest BCUT2D eigenvalue weighted by molar-refractivity contribution is 6.30. The topological polar surface area (TPSA) is 51.2 Å². The molecular weight excluding hydrogens is 367 g/mol. The van der Waals surface area contributed by atoms with Gasteiger partial charge in [-0.15, -0.1) is 0 Å². The first-order valence-corrected chi connectivity index (χ1v) is 9.76. The molecule has 3 unspecified atom stereocenters. The summed E-state index contributed by atoms with van der Waals surface area (Å²) in [6.07, 6.45) is 5.61. The molecule has 27 heavy (non-hydrogen) atoms. The smallest absolute Gasteiger partial charge is 0.251 e. The van der Waals surface area contributed by atoms with Crippen molar-refractivity contribution in [3.8, 4) is 5.75 Å². The van der Waals surface area contributed by atoms with Crippen molar-refractivity contribution in [3.05, 3.63) is 59.1 Å². The molecule has 1 N–H and O–H groups in total. The standard InChI is InChI=1S/C21H22ClFN2O2/c1-2-19(25-21(26)12-3-5-13(22)6-4-12)20-17-8-15(9-18(17)20)27-16-7-14(23)10-24-11-16/h3-7,10-11,15,17-20H,2,8-9H2,1H3,(H,25,26). The van der Waals surface area contributed by atoms with E-state index in [-0.39, 0.29) is 23.9 Å². The molecule has 2 aliphatic rings. The van der Waals surface area contributed by atoms with Crippen molar-refractivity contribution in [3.63, 3.8) is 0 Å². The molecule has 4 rings (SSSR count). The van der Waals surface area contributed by atoms with Gasteiger partial charge in [-0.25, -0.2) is 4.39 Å². The van der Waals surface area contributed by atoms with Gasteiger partial charge in [0.05, 0.1) is 18.5 Å². The molecule has 2 aliphatic carbocycles. The van der Waals surface area contributed by atoms with Gasteiger partial charge in [0.1, 0.15) is 11.6 Å². The molecule has 2 fully saturated rings. The van der Waals surface area contributed by atoms with Crippen molar-refractivity contribution < 1.29 is 13.9 Å². The molecule has 0 bridgehead atoms. The lowest BCUT2D eigenvalue weighted by molar-refractivity contribution is 0.0924. The Kier molecular flexibility index (Phi) is 5.04. The molecule has 142 valence electrons. The van der Waals surface area contributed by atoms with Crippen LogP contribution in [0.15, 0.2) is 42.7 Å². The van der Waals surface area contributed by atoms with Gasteiger partial charge < -0.3 is 10.1 Å². The molecule has 1 aromatic carbocycles. The third-order valence-corrected chi connectivity index (χ3v) is 6.03. The number of rotatable bonds is 6. The summed E-state index contributed by atoms with van der Waals surface area (Å²) >= 11 is 5.89. The van der Waals surface area contributed by atoms with Crippen LogP contribution >= 0.6 is 11.6 Å². The first kappa shape index (κ1) is 18.2. The average Bonchev–Trinajstić information content (AvgIpc) is 3.14. The lowest BCUT2D eigenvalue weighted by atomic mass is 10.00. The Bertz CT molecular complexity index is 817. The molecular formula is C21H22ClFN2O2. The van der Waals surface area contributed by atoms with E-state index in [0.717, 1.165) is 19.3 Å². The summed E-state index contributed by atoms with van der Waals surface area (Å²) in [5.41, 5.74) is 0.628. The second-order valence-electron chi connectivity index (χ2n) is 7.45. The number of carbonyl (C=O) groups excluding carboxylic acids is 1. The summed E-state index contributed by atoms with van der Waals surface area (Å²) in [6.45, 7) is 2.10. The van der Waals surface area contributed by atoms with Crippen LogP contribution in [0.25, 0.3) is 0 Å². The van der Waals surface area contributed by atoms with Gasteiger partial charge in [0.2, 0.25) is 0 Å². The number of aromatic nitrogens is 1. The van der Waals surface area contributed by atoms with E-state index in [2.05, 4.69) is 17.2 Å². The summed E-state index contributed by atoms with van der Waals surface area (Å²) in [4.78, 5) is 16.3. The molecule has 2 aromatic rings. The van der Waals surface area contributed by atoms with E-state index in [1.807, 2.05) is 0 Å². The SMILES string of the molecule is CCC(NC(=O)c1ccc(Cl)cc1)C1C2CC(Oc3cncc(F)c3)CC21. The maximum Gasteiger partial charge on any atom is 0.251 e. The average molecular weight is 389 g/mol. The minimum atomic E-state index is -0.385. The largest absolute Gasteiger partial charge is 0.489 e. The zero-order valence-electron chi connectivity index (χ0n) is 15.1. The first-order valence-electron chi connectivity index (χ1n) is 9.38. The molecule has 0 spiro atoms. The van der Waals surface area contributed by atoms with Gasteiger partial charge in [-0.1, -0.05) is 18.5 Å². The number of hydrogen-bond donors (Lipinski definition) is 1. The monoisotopic (exact) mass is 388 g/mol. The Morgan fingerprint density at radius 3 is 2.63 bits per heavy atom. The summed E-state index contributed by atoms with van der Waals surface area (Å²) in [7, 11) is 0. The maximum atomic E-state index is 13.2. The van der Waals surface area contributed by atoms with Crippen LogP contribution in [-0.2, 0) is 0 Å². The molecule has 4 nitrogen and oxygen atoms in total. The Hall–Kier alpha value is -2.14. The van der Waals surface area contributed by atoms with Crippen molar-refractivity contribution in [1.82, 2.24) is 10.3 Å². The quantitative estimate of drug-likeness (QED) is 0.793. The van der Waals surface area contributed by atoms with E-state index in [4.69, 9.17) is 16.3 Å². The lowest BCUT2D eigenvalue weighted by Gasteiger charge is -2.22. The van der Waals surface area contributed by atoms with Crippen molar-refractivity contribution in [2.24, 2.45) is 17.8 Å². The Labute approximate surface area is 163 Å². The minimum Gasteiger partial charge on any atom is -0.489 e. The van der Waals surface area contributed by atoms with Crippen LogP contribution in [-0.4, -0.2) is 23.0 Å². The molecule has 0 saturated heterocycles. The van der Waals surface area contributed by atoms with Crippen LogP contribution in [0.3, 0.4) is 0 Å². The van der Waals surface area contributed by atoms with Gasteiger partial charge >= 0.3 is 0 Å². The van der Waals surface area contributed by atoms with Crippen LogP contribution in [0.1, 0.15) is 36.5 Å². The third-order valence-electron chi connectivity index (χ3n) is 5.78. The van der Waals surface area contributed by atoms with Crippen molar-refractivity contribution in [2.75, 3.05) is 0 Å². The highest BCUT2D eigenvalue weighted by Crippen LogP contribution is 2.60. The van der Waals surface area contributed by atoms with Gasteiger partial charge in [-0.05, 0) is 61.3 Å². The molecule has 1 aromatic heterocycles. The molecule has 6 heteroatoms. The van der Waals surface area contributed by atoms with Crippen LogP contribution in [0.2, 0.25) is 5.02 Å². The molecule has 3 atom stereocenters. The number of carbonyl (C=O) groups is 1. The second kappa shape index (κ2) is 7.47. The number of halogens is 2. The fraction of sp³-hybridized carbons (Fsp3) is 0.429.